The van der Waals surface area contributed by atoms with Gasteiger partial charge in [-0.25, -0.2) is 0 Å². The molecule has 0 spiro atoms. The summed E-state index contributed by atoms with van der Waals surface area (Å²) in [5.74, 6) is 6.39. The van der Waals surface area contributed by atoms with E-state index in [1.54, 1.807) is 35.5 Å². The number of fused-ring (bicyclic) bond motifs is 3. The van der Waals surface area contributed by atoms with E-state index in [1.807, 2.05) is 18.2 Å². The summed E-state index contributed by atoms with van der Waals surface area (Å²) in [5.41, 5.74) is 7.10. The Morgan fingerprint density at radius 2 is 1.20 bits per heavy atom. The van der Waals surface area contributed by atoms with E-state index in [4.69, 9.17) is 37.9 Å². The monoisotopic (exact) mass is 682 g/mol. The van der Waals surface area contributed by atoms with Crippen molar-refractivity contribution >= 4 is 0 Å². The Morgan fingerprint density at radius 3 is 1.84 bits per heavy atom. The first-order valence-electron chi connectivity index (χ1n) is 17.0. The average molecular weight is 683 g/mol. The number of likely N-dealkylation sites (N-methyl/N-ethyl adjacent to an activating group) is 2. The Kier molecular flexibility index (Phi) is 9.57. The number of rotatable bonds is 11. The Labute approximate surface area is 294 Å². The van der Waals surface area contributed by atoms with Gasteiger partial charge in [0.2, 0.25) is 18.3 Å². The van der Waals surface area contributed by atoms with Gasteiger partial charge in [-0.1, -0.05) is 18.2 Å². The second kappa shape index (κ2) is 14.2. The first-order chi connectivity index (χ1) is 24.4. The van der Waals surface area contributed by atoms with E-state index in [-0.39, 0.29) is 18.9 Å². The lowest BCUT2D eigenvalue weighted by Crippen LogP contribution is -2.33. The molecule has 4 aromatic rings. The maximum Gasteiger partial charge on any atom is 0.231 e. The van der Waals surface area contributed by atoms with Crippen LogP contribution in [0.4, 0.5) is 0 Å². The third-order valence-electron chi connectivity index (χ3n) is 10.4. The number of hydrogen-bond acceptors (Lipinski definition) is 10. The molecular weight excluding hydrogens is 636 g/mol. The van der Waals surface area contributed by atoms with Gasteiger partial charge in [0.1, 0.15) is 5.75 Å². The van der Waals surface area contributed by atoms with Crippen molar-refractivity contribution in [3.8, 4) is 51.7 Å². The molecule has 10 heteroatoms. The van der Waals surface area contributed by atoms with Crippen molar-refractivity contribution in [2.75, 3.05) is 69.5 Å². The molecule has 3 aliphatic rings. The summed E-state index contributed by atoms with van der Waals surface area (Å²) in [5, 5.41) is 0. The number of ether oxygens (including phenoxy) is 8. The standard InChI is InChI=1S/C40H46N2O8/c1-41-17-15-28-30(22-36-40(38(28)46-6)49-23-48-36)31(41)18-24-8-11-26(12-9-24)50-34-20-25(10-13-33(34)43-3)19-32-29-21-35(44-4)39(47-7)37(45-5)27(29)14-16-42(32)2/h8-13,20-22,31-32H,14-19,23H2,1-7H3/t31-,32+/m0/s1. The predicted octanol–water partition coefficient (Wildman–Crippen LogP) is 6.79. The fourth-order valence-corrected chi connectivity index (χ4v) is 7.72. The number of methoxy groups -OCH3 is 5. The van der Waals surface area contributed by atoms with Crippen LogP contribution in [0.15, 0.2) is 54.6 Å². The number of hydrogen-bond donors (Lipinski definition) is 0. The zero-order valence-corrected chi connectivity index (χ0v) is 30.0. The van der Waals surface area contributed by atoms with Gasteiger partial charge in [0.25, 0.3) is 0 Å². The van der Waals surface area contributed by atoms with Crippen LogP contribution < -0.4 is 37.9 Å². The summed E-state index contributed by atoms with van der Waals surface area (Å²) >= 11 is 0. The molecule has 0 saturated heterocycles. The van der Waals surface area contributed by atoms with Crippen LogP contribution in [0.25, 0.3) is 0 Å². The molecule has 0 saturated carbocycles. The summed E-state index contributed by atoms with van der Waals surface area (Å²) in [4.78, 5) is 4.78. The lowest BCUT2D eigenvalue weighted by atomic mass is 9.87. The largest absolute Gasteiger partial charge is 0.493 e. The topological polar surface area (TPSA) is 80.3 Å². The summed E-state index contributed by atoms with van der Waals surface area (Å²) in [7, 11) is 12.7. The molecule has 3 heterocycles. The molecule has 0 fully saturated rings. The summed E-state index contributed by atoms with van der Waals surface area (Å²) in [6, 6.07) is 19.0. The van der Waals surface area contributed by atoms with E-state index in [0.717, 1.165) is 72.9 Å². The minimum absolute atomic E-state index is 0.108. The Hall–Kier alpha value is -4.80. The van der Waals surface area contributed by atoms with Gasteiger partial charge in [0.15, 0.2) is 34.5 Å². The smallest absolute Gasteiger partial charge is 0.231 e. The molecule has 0 bridgehead atoms. The summed E-state index contributed by atoms with van der Waals surface area (Å²) in [6.45, 7) is 2.05. The van der Waals surface area contributed by atoms with Crippen molar-refractivity contribution < 1.29 is 37.9 Å². The van der Waals surface area contributed by atoms with E-state index < -0.39 is 0 Å². The normalized spacial score (nSPS) is 18.2. The zero-order valence-electron chi connectivity index (χ0n) is 30.0. The molecule has 0 aromatic heterocycles. The van der Waals surface area contributed by atoms with Crippen LogP contribution in [-0.2, 0) is 25.7 Å². The molecular formula is C40H46N2O8. The molecule has 0 N–H and O–H groups in total. The highest BCUT2D eigenvalue weighted by Crippen LogP contribution is 2.50. The first kappa shape index (κ1) is 33.7. The Bertz CT molecular complexity index is 1860. The fraction of sp³-hybridized carbons (Fsp3) is 0.400. The summed E-state index contributed by atoms with van der Waals surface area (Å²) in [6.07, 6.45) is 3.37. The molecule has 50 heavy (non-hydrogen) atoms. The lowest BCUT2D eigenvalue weighted by molar-refractivity contribution is 0.171. The predicted molar refractivity (Wildman–Crippen MR) is 190 cm³/mol. The van der Waals surface area contributed by atoms with Crippen LogP contribution in [-0.4, -0.2) is 79.3 Å². The van der Waals surface area contributed by atoms with E-state index in [9.17, 15) is 0 Å². The molecule has 7 rings (SSSR count). The van der Waals surface area contributed by atoms with Gasteiger partial charge in [-0.3, -0.25) is 9.80 Å². The van der Waals surface area contributed by atoms with Crippen LogP contribution in [0.3, 0.4) is 0 Å². The van der Waals surface area contributed by atoms with Gasteiger partial charge in [-0.15, -0.1) is 0 Å². The SMILES string of the molecule is COc1ccc(C[C@@H]2c3cc(OC)c(OC)c(OC)c3CCN2C)cc1Oc1ccc(C[C@H]2c3cc4c(c(OC)c3CCN2C)OCO4)cc1. The first-order valence-corrected chi connectivity index (χ1v) is 17.0. The van der Waals surface area contributed by atoms with E-state index in [0.29, 0.717) is 28.7 Å². The van der Waals surface area contributed by atoms with Crippen molar-refractivity contribution in [3.63, 3.8) is 0 Å². The van der Waals surface area contributed by atoms with E-state index >= 15 is 0 Å². The maximum absolute atomic E-state index is 6.48. The highest BCUT2D eigenvalue weighted by molar-refractivity contribution is 5.62. The second-order valence-corrected chi connectivity index (χ2v) is 13.1. The zero-order chi connectivity index (χ0) is 34.9. The molecule has 0 amide bonds. The molecule has 0 unspecified atom stereocenters. The molecule has 4 aromatic carbocycles. The third-order valence-corrected chi connectivity index (χ3v) is 10.4. The average Bonchev–Trinajstić information content (AvgIpc) is 3.61. The van der Waals surface area contributed by atoms with Crippen molar-refractivity contribution in [2.24, 2.45) is 0 Å². The maximum atomic E-state index is 6.48. The Morgan fingerprint density at radius 1 is 0.600 bits per heavy atom. The van der Waals surface area contributed by atoms with Gasteiger partial charge >= 0.3 is 0 Å². The van der Waals surface area contributed by atoms with Crippen molar-refractivity contribution in [1.29, 1.82) is 0 Å². The van der Waals surface area contributed by atoms with Crippen LogP contribution in [0.2, 0.25) is 0 Å². The third kappa shape index (κ3) is 6.11. The van der Waals surface area contributed by atoms with Crippen LogP contribution in [0, 0.1) is 0 Å². The highest BCUT2D eigenvalue weighted by atomic mass is 16.7. The number of benzene rings is 4. The van der Waals surface area contributed by atoms with Crippen molar-refractivity contribution in [1.82, 2.24) is 9.80 Å². The van der Waals surface area contributed by atoms with Gasteiger partial charge in [-0.05, 0) is 98.4 Å². The van der Waals surface area contributed by atoms with Crippen LogP contribution in [0.1, 0.15) is 45.5 Å². The molecule has 10 nitrogen and oxygen atoms in total. The van der Waals surface area contributed by atoms with Crippen molar-refractivity contribution in [2.45, 2.75) is 37.8 Å². The van der Waals surface area contributed by atoms with Gasteiger partial charge in [-0.2, -0.15) is 0 Å². The lowest BCUT2D eigenvalue weighted by Gasteiger charge is -2.36. The fourth-order valence-electron chi connectivity index (χ4n) is 7.72. The molecule has 264 valence electrons. The molecule has 0 radical (unpaired) electrons. The van der Waals surface area contributed by atoms with E-state index in [2.05, 4.69) is 60.3 Å². The van der Waals surface area contributed by atoms with Gasteiger partial charge in [0, 0.05) is 36.3 Å². The number of nitrogens with zero attached hydrogens (tertiary/aromatic N) is 2. The minimum Gasteiger partial charge on any atom is -0.493 e. The van der Waals surface area contributed by atoms with Gasteiger partial charge in [0.05, 0.1) is 35.5 Å². The highest BCUT2D eigenvalue weighted by Gasteiger charge is 2.34. The van der Waals surface area contributed by atoms with Crippen molar-refractivity contribution in [3.05, 3.63) is 88.0 Å². The summed E-state index contributed by atoms with van der Waals surface area (Å²) < 4.78 is 46.8. The quantitative estimate of drug-likeness (QED) is 0.169. The molecule has 3 aliphatic heterocycles. The van der Waals surface area contributed by atoms with Gasteiger partial charge < -0.3 is 37.9 Å². The molecule has 2 atom stereocenters. The molecule has 0 aliphatic carbocycles. The second-order valence-electron chi connectivity index (χ2n) is 13.1. The Balaban J connectivity index is 1.11. The van der Waals surface area contributed by atoms with Crippen LogP contribution >= 0.6 is 0 Å². The van der Waals surface area contributed by atoms with Crippen LogP contribution in [0.5, 0.6) is 51.7 Å². The minimum atomic E-state index is 0.108. The van der Waals surface area contributed by atoms with E-state index in [1.165, 1.54) is 22.3 Å².